The van der Waals surface area contributed by atoms with Crippen molar-refractivity contribution in [1.29, 1.82) is 0 Å². The highest BCUT2D eigenvalue weighted by Gasteiger charge is 2.23. The molecule has 0 aliphatic carbocycles. The van der Waals surface area contributed by atoms with E-state index >= 15 is 0 Å². The van der Waals surface area contributed by atoms with E-state index in [1.807, 2.05) is 0 Å². The van der Waals surface area contributed by atoms with E-state index in [9.17, 15) is 22.7 Å². The van der Waals surface area contributed by atoms with Gasteiger partial charge in [0.1, 0.15) is 10.7 Å². The number of rotatable bonds is 4. The number of benzene rings is 2. The molecule has 0 fully saturated rings. The summed E-state index contributed by atoms with van der Waals surface area (Å²) in [5.41, 5.74) is 0.0342. The molecule has 116 valence electrons. The van der Waals surface area contributed by atoms with Crippen molar-refractivity contribution in [3.05, 3.63) is 57.8 Å². The van der Waals surface area contributed by atoms with Crippen LogP contribution < -0.4 is 4.72 Å². The summed E-state index contributed by atoms with van der Waals surface area (Å²) in [6, 6.07) is 7.67. The maximum atomic E-state index is 13.6. The van der Waals surface area contributed by atoms with Crippen LogP contribution in [0, 0.1) is 12.7 Å². The van der Waals surface area contributed by atoms with Crippen molar-refractivity contribution in [1.82, 2.24) is 0 Å². The number of carboxylic acid groups (broad SMARTS) is 1. The molecule has 0 saturated heterocycles. The molecule has 2 aromatic rings. The van der Waals surface area contributed by atoms with E-state index in [-0.39, 0.29) is 11.3 Å². The minimum absolute atomic E-state index is 0.128. The van der Waals surface area contributed by atoms with Crippen molar-refractivity contribution < 1.29 is 22.7 Å². The summed E-state index contributed by atoms with van der Waals surface area (Å²) in [5, 5.41) is 9.26. The molecule has 0 unspecified atom stereocenters. The predicted octanol–water partition coefficient (Wildman–Crippen LogP) is 3.40. The standard InChI is InChI=1S/C14H11BrFNO4S/c1-8-9(15)6-7-11(13(8)14(18)19)17-22(20,21)12-5-3-2-4-10(12)16/h2-7,17H,1H3,(H,18,19). The van der Waals surface area contributed by atoms with Gasteiger partial charge in [-0.3, -0.25) is 4.72 Å². The van der Waals surface area contributed by atoms with Gasteiger partial charge in [0.05, 0.1) is 11.3 Å². The molecule has 0 heterocycles. The largest absolute Gasteiger partial charge is 0.478 e. The minimum Gasteiger partial charge on any atom is -0.478 e. The van der Waals surface area contributed by atoms with Crippen molar-refractivity contribution >= 4 is 37.6 Å². The molecule has 2 aromatic carbocycles. The lowest BCUT2D eigenvalue weighted by Crippen LogP contribution is -2.17. The molecule has 0 radical (unpaired) electrons. The van der Waals surface area contributed by atoms with Crippen LogP contribution in [0.3, 0.4) is 0 Å². The average molecular weight is 388 g/mol. The third-order valence-electron chi connectivity index (χ3n) is 2.98. The molecule has 0 aromatic heterocycles. The average Bonchev–Trinajstić information content (AvgIpc) is 2.42. The van der Waals surface area contributed by atoms with Gasteiger partial charge in [-0.2, -0.15) is 0 Å². The van der Waals surface area contributed by atoms with E-state index < -0.39 is 26.7 Å². The van der Waals surface area contributed by atoms with Gasteiger partial charge in [0.2, 0.25) is 0 Å². The third-order valence-corrected chi connectivity index (χ3v) is 5.24. The Balaban J connectivity index is 2.54. The number of aromatic carboxylic acids is 1. The number of sulfonamides is 1. The third kappa shape index (κ3) is 3.12. The normalized spacial score (nSPS) is 11.2. The second-order valence-corrected chi connectivity index (χ2v) is 6.94. The molecule has 0 amide bonds. The van der Waals surface area contributed by atoms with Crippen LogP contribution in [-0.4, -0.2) is 19.5 Å². The monoisotopic (exact) mass is 387 g/mol. The van der Waals surface area contributed by atoms with Crippen molar-refractivity contribution in [3.63, 3.8) is 0 Å². The highest BCUT2D eigenvalue weighted by molar-refractivity contribution is 9.10. The lowest BCUT2D eigenvalue weighted by Gasteiger charge is -2.13. The van der Waals surface area contributed by atoms with Gasteiger partial charge in [-0.05, 0) is 36.8 Å². The lowest BCUT2D eigenvalue weighted by molar-refractivity contribution is 0.0697. The zero-order chi connectivity index (χ0) is 16.5. The molecular formula is C14H11BrFNO4S. The topological polar surface area (TPSA) is 83.5 Å². The molecule has 5 nitrogen and oxygen atoms in total. The highest BCUT2D eigenvalue weighted by Crippen LogP contribution is 2.29. The summed E-state index contributed by atoms with van der Waals surface area (Å²) in [6.07, 6.45) is 0. The number of carbonyl (C=O) groups is 1. The summed E-state index contributed by atoms with van der Waals surface area (Å²) < 4.78 is 40.8. The first-order chi connectivity index (χ1) is 10.2. The molecular weight excluding hydrogens is 377 g/mol. The van der Waals surface area contributed by atoms with Gasteiger partial charge in [0, 0.05) is 4.47 Å². The summed E-state index contributed by atoms with van der Waals surface area (Å²) in [5.74, 6) is -2.20. The van der Waals surface area contributed by atoms with E-state index in [2.05, 4.69) is 20.7 Å². The summed E-state index contributed by atoms with van der Waals surface area (Å²) >= 11 is 3.18. The summed E-state index contributed by atoms with van der Waals surface area (Å²) in [7, 11) is -4.23. The SMILES string of the molecule is Cc1c(Br)ccc(NS(=O)(=O)c2ccccc2F)c1C(=O)O. The van der Waals surface area contributed by atoms with Gasteiger partial charge in [-0.15, -0.1) is 0 Å². The van der Waals surface area contributed by atoms with Crippen LogP contribution in [-0.2, 0) is 10.0 Å². The number of anilines is 1. The van der Waals surface area contributed by atoms with Crippen molar-refractivity contribution in [2.24, 2.45) is 0 Å². The van der Waals surface area contributed by atoms with E-state index in [1.165, 1.54) is 31.2 Å². The summed E-state index contributed by atoms with van der Waals surface area (Å²) in [6.45, 7) is 1.54. The Morgan fingerprint density at radius 1 is 1.23 bits per heavy atom. The van der Waals surface area contributed by atoms with Gasteiger partial charge in [0.15, 0.2) is 0 Å². The molecule has 0 bridgehead atoms. The van der Waals surface area contributed by atoms with Gasteiger partial charge < -0.3 is 5.11 Å². The molecule has 0 aliphatic heterocycles. The maximum Gasteiger partial charge on any atom is 0.338 e. The number of hydrogen-bond acceptors (Lipinski definition) is 3. The Hall–Kier alpha value is -1.93. The second-order valence-electron chi connectivity index (χ2n) is 4.44. The van der Waals surface area contributed by atoms with E-state index in [0.29, 0.717) is 10.0 Å². The van der Waals surface area contributed by atoms with Crippen LogP contribution in [0.4, 0.5) is 10.1 Å². The Bertz CT molecular complexity index is 852. The molecule has 0 spiro atoms. The molecule has 8 heteroatoms. The fraction of sp³-hybridized carbons (Fsp3) is 0.0714. The van der Waals surface area contributed by atoms with Crippen LogP contribution in [0.5, 0.6) is 0 Å². The molecule has 2 rings (SSSR count). The van der Waals surface area contributed by atoms with Crippen molar-refractivity contribution in [3.8, 4) is 0 Å². The minimum atomic E-state index is -4.23. The van der Waals surface area contributed by atoms with Crippen LogP contribution in [0.15, 0.2) is 45.8 Å². The van der Waals surface area contributed by atoms with Gasteiger partial charge in [0.25, 0.3) is 10.0 Å². The lowest BCUT2D eigenvalue weighted by atomic mass is 10.1. The fourth-order valence-corrected chi connectivity index (χ4v) is 3.39. The molecule has 0 atom stereocenters. The van der Waals surface area contributed by atoms with Crippen LogP contribution in [0.25, 0.3) is 0 Å². The first kappa shape index (κ1) is 16.4. The zero-order valence-corrected chi connectivity index (χ0v) is 13.7. The molecule has 0 saturated carbocycles. The maximum absolute atomic E-state index is 13.6. The second kappa shape index (κ2) is 6.05. The smallest absolute Gasteiger partial charge is 0.338 e. The van der Waals surface area contributed by atoms with Crippen LogP contribution >= 0.6 is 15.9 Å². The van der Waals surface area contributed by atoms with Crippen LogP contribution in [0.2, 0.25) is 0 Å². The Labute approximate surface area is 135 Å². The summed E-state index contributed by atoms with van der Waals surface area (Å²) in [4.78, 5) is 10.8. The Morgan fingerprint density at radius 2 is 1.86 bits per heavy atom. The first-order valence-corrected chi connectivity index (χ1v) is 8.31. The predicted molar refractivity (Wildman–Crippen MR) is 83.0 cm³/mol. The molecule has 22 heavy (non-hydrogen) atoms. The van der Waals surface area contributed by atoms with Crippen LogP contribution in [0.1, 0.15) is 15.9 Å². The van der Waals surface area contributed by atoms with Gasteiger partial charge >= 0.3 is 5.97 Å². The van der Waals surface area contributed by atoms with Crippen molar-refractivity contribution in [2.75, 3.05) is 4.72 Å². The van der Waals surface area contributed by atoms with Crippen molar-refractivity contribution in [2.45, 2.75) is 11.8 Å². The van der Waals surface area contributed by atoms with Gasteiger partial charge in [-0.25, -0.2) is 17.6 Å². The number of halogens is 2. The molecule has 0 aliphatic rings. The zero-order valence-electron chi connectivity index (χ0n) is 11.3. The van der Waals surface area contributed by atoms with Gasteiger partial charge in [-0.1, -0.05) is 28.1 Å². The Morgan fingerprint density at radius 3 is 2.45 bits per heavy atom. The number of nitrogens with one attached hydrogen (secondary N) is 1. The van der Waals surface area contributed by atoms with E-state index in [0.717, 1.165) is 12.1 Å². The highest BCUT2D eigenvalue weighted by atomic mass is 79.9. The Kier molecular flexibility index (Phi) is 4.52. The quantitative estimate of drug-likeness (QED) is 0.841. The number of carboxylic acids is 1. The first-order valence-electron chi connectivity index (χ1n) is 6.04. The molecule has 2 N–H and O–H groups in total. The fourth-order valence-electron chi connectivity index (χ4n) is 1.91. The van der Waals surface area contributed by atoms with E-state index in [1.54, 1.807) is 0 Å². The number of hydrogen-bond donors (Lipinski definition) is 2. The van der Waals surface area contributed by atoms with E-state index in [4.69, 9.17) is 0 Å².